The summed E-state index contributed by atoms with van der Waals surface area (Å²) < 4.78 is 0. The highest BCUT2D eigenvalue weighted by Crippen LogP contribution is 2.22. The van der Waals surface area contributed by atoms with Gasteiger partial charge in [0.15, 0.2) is 0 Å². The first-order chi connectivity index (χ1) is 9.02. The minimum absolute atomic E-state index is 0.0604. The molecule has 0 aliphatic carbocycles. The summed E-state index contributed by atoms with van der Waals surface area (Å²) in [5, 5.41) is 13.0. The minimum atomic E-state index is -0.657. The molecule has 1 fully saturated rings. The summed E-state index contributed by atoms with van der Waals surface area (Å²) >= 11 is 0. The van der Waals surface area contributed by atoms with Gasteiger partial charge in [0.2, 0.25) is 0 Å². The van der Waals surface area contributed by atoms with Crippen molar-refractivity contribution in [1.29, 1.82) is 0 Å². The summed E-state index contributed by atoms with van der Waals surface area (Å²) in [5.74, 6) is 0.627. The molecule has 2 heterocycles. The molecule has 1 aromatic heterocycles. The van der Waals surface area contributed by atoms with E-state index in [4.69, 9.17) is 0 Å². The van der Waals surface area contributed by atoms with E-state index in [1.807, 2.05) is 19.1 Å². The van der Waals surface area contributed by atoms with Crippen molar-refractivity contribution in [2.45, 2.75) is 31.8 Å². The number of rotatable bonds is 2. The van der Waals surface area contributed by atoms with Gasteiger partial charge < -0.3 is 15.3 Å². The van der Waals surface area contributed by atoms with Crippen LogP contribution in [-0.4, -0.2) is 46.6 Å². The van der Waals surface area contributed by atoms with Gasteiger partial charge in [-0.1, -0.05) is 6.07 Å². The van der Waals surface area contributed by atoms with Crippen molar-refractivity contribution in [2.24, 2.45) is 0 Å². The zero-order chi connectivity index (χ0) is 13.9. The zero-order valence-corrected chi connectivity index (χ0v) is 11.5. The second kappa shape index (κ2) is 5.57. The highest BCUT2D eigenvalue weighted by Gasteiger charge is 2.27. The van der Waals surface area contributed by atoms with Crippen LogP contribution in [0.3, 0.4) is 0 Å². The van der Waals surface area contributed by atoms with Crippen LogP contribution in [0.25, 0.3) is 0 Å². The maximum Gasteiger partial charge on any atom is 0.272 e. The number of aliphatic hydroxyl groups is 1. The van der Waals surface area contributed by atoms with E-state index in [0.717, 1.165) is 12.8 Å². The van der Waals surface area contributed by atoms with Gasteiger partial charge in [0.05, 0.1) is 5.60 Å². The molecule has 5 heteroatoms. The first kappa shape index (κ1) is 13.8. The van der Waals surface area contributed by atoms with E-state index in [2.05, 4.69) is 10.3 Å². The molecule has 0 bridgehead atoms. The first-order valence-corrected chi connectivity index (χ1v) is 6.68. The molecule has 1 atom stereocenters. The second-order valence-electron chi connectivity index (χ2n) is 5.30. The van der Waals surface area contributed by atoms with Gasteiger partial charge in [0, 0.05) is 20.1 Å². The Morgan fingerprint density at radius 3 is 2.95 bits per heavy atom. The lowest BCUT2D eigenvalue weighted by molar-refractivity contribution is 0.0437. The van der Waals surface area contributed by atoms with E-state index in [9.17, 15) is 9.90 Å². The number of hydrogen-bond acceptors (Lipinski definition) is 4. The van der Waals surface area contributed by atoms with Crippen LogP contribution < -0.4 is 5.32 Å². The SMILES string of the molecule is CNc1cccc(C(=O)N2CCCC(C)(O)CC2)n1. The van der Waals surface area contributed by atoms with E-state index in [0.29, 0.717) is 31.0 Å². The Morgan fingerprint density at radius 2 is 2.21 bits per heavy atom. The van der Waals surface area contributed by atoms with E-state index in [1.54, 1.807) is 18.0 Å². The molecule has 0 saturated carbocycles. The van der Waals surface area contributed by atoms with E-state index >= 15 is 0 Å². The molecule has 0 aromatic carbocycles. The molecular weight excluding hydrogens is 242 g/mol. The molecule has 1 aromatic rings. The van der Waals surface area contributed by atoms with Crippen molar-refractivity contribution in [2.75, 3.05) is 25.5 Å². The predicted octanol–water partition coefficient (Wildman–Crippen LogP) is 1.50. The summed E-state index contributed by atoms with van der Waals surface area (Å²) in [6, 6.07) is 5.37. The molecule has 1 saturated heterocycles. The summed E-state index contributed by atoms with van der Waals surface area (Å²) in [6.45, 7) is 3.10. The molecule has 5 nitrogen and oxygen atoms in total. The lowest BCUT2D eigenvalue weighted by Gasteiger charge is -2.22. The average Bonchev–Trinajstić information content (AvgIpc) is 2.59. The van der Waals surface area contributed by atoms with Crippen LogP contribution in [0.1, 0.15) is 36.7 Å². The Morgan fingerprint density at radius 1 is 1.42 bits per heavy atom. The normalized spacial score (nSPS) is 23.8. The Hall–Kier alpha value is -1.62. The van der Waals surface area contributed by atoms with Gasteiger partial charge >= 0.3 is 0 Å². The number of amides is 1. The quantitative estimate of drug-likeness (QED) is 0.848. The number of likely N-dealkylation sites (tertiary alicyclic amines) is 1. The third-order valence-corrected chi connectivity index (χ3v) is 3.58. The van der Waals surface area contributed by atoms with Crippen LogP contribution in [0.4, 0.5) is 5.82 Å². The summed E-state index contributed by atoms with van der Waals surface area (Å²) in [6.07, 6.45) is 2.18. The summed E-state index contributed by atoms with van der Waals surface area (Å²) in [5.41, 5.74) is -0.205. The monoisotopic (exact) mass is 263 g/mol. The smallest absolute Gasteiger partial charge is 0.272 e. The second-order valence-corrected chi connectivity index (χ2v) is 5.30. The van der Waals surface area contributed by atoms with Crippen LogP contribution in [0, 0.1) is 0 Å². The molecule has 1 amide bonds. The molecule has 1 unspecified atom stereocenters. The average molecular weight is 263 g/mol. The molecule has 0 spiro atoms. The number of carbonyl (C=O) groups excluding carboxylic acids is 1. The molecule has 19 heavy (non-hydrogen) atoms. The van der Waals surface area contributed by atoms with Crippen LogP contribution >= 0.6 is 0 Å². The fourth-order valence-corrected chi connectivity index (χ4v) is 2.32. The number of hydrogen-bond donors (Lipinski definition) is 2. The Kier molecular flexibility index (Phi) is 4.04. The fraction of sp³-hybridized carbons (Fsp3) is 0.571. The highest BCUT2D eigenvalue weighted by molar-refractivity contribution is 5.92. The molecule has 0 radical (unpaired) electrons. The zero-order valence-electron chi connectivity index (χ0n) is 11.5. The number of nitrogens with zero attached hydrogens (tertiary/aromatic N) is 2. The van der Waals surface area contributed by atoms with Crippen molar-refractivity contribution < 1.29 is 9.90 Å². The number of nitrogens with one attached hydrogen (secondary N) is 1. The lowest BCUT2D eigenvalue weighted by atomic mass is 9.98. The molecule has 1 aliphatic rings. The van der Waals surface area contributed by atoms with E-state index in [1.165, 1.54) is 0 Å². The topological polar surface area (TPSA) is 65.5 Å². The van der Waals surface area contributed by atoms with Crippen LogP contribution in [0.15, 0.2) is 18.2 Å². The Labute approximate surface area is 113 Å². The van der Waals surface area contributed by atoms with Crippen molar-refractivity contribution in [1.82, 2.24) is 9.88 Å². The summed E-state index contributed by atoms with van der Waals surface area (Å²) in [4.78, 5) is 18.4. The van der Waals surface area contributed by atoms with Crippen LogP contribution in [0.5, 0.6) is 0 Å². The van der Waals surface area contributed by atoms with Gasteiger partial charge in [0.1, 0.15) is 11.5 Å². The van der Waals surface area contributed by atoms with Crippen LogP contribution in [-0.2, 0) is 0 Å². The molecule has 2 N–H and O–H groups in total. The van der Waals surface area contributed by atoms with Gasteiger partial charge in [-0.25, -0.2) is 4.98 Å². The van der Waals surface area contributed by atoms with Gasteiger partial charge in [-0.15, -0.1) is 0 Å². The molecular formula is C14H21N3O2. The molecule has 2 rings (SSSR count). The Bertz CT molecular complexity index is 460. The number of carbonyl (C=O) groups is 1. The lowest BCUT2D eigenvalue weighted by Crippen LogP contribution is -2.34. The molecule has 104 valence electrons. The predicted molar refractivity (Wildman–Crippen MR) is 74.2 cm³/mol. The Balaban J connectivity index is 2.10. The maximum absolute atomic E-state index is 12.4. The summed E-state index contributed by atoms with van der Waals surface area (Å²) in [7, 11) is 1.78. The number of anilines is 1. The fourth-order valence-electron chi connectivity index (χ4n) is 2.32. The third-order valence-electron chi connectivity index (χ3n) is 3.58. The highest BCUT2D eigenvalue weighted by atomic mass is 16.3. The van der Waals surface area contributed by atoms with Gasteiger partial charge in [-0.2, -0.15) is 0 Å². The van der Waals surface area contributed by atoms with Gasteiger partial charge in [-0.05, 0) is 38.3 Å². The largest absolute Gasteiger partial charge is 0.390 e. The first-order valence-electron chi connectivity index (χ1n) is 6.68. The number of pyridine rings is 1. The van der Waals surface area contributed by atoms with Crippen LogP contribution in [0.2, 0.25) is 0 Å². The van der Waals surface area contributed by atoms with Crippen molar-refractivity contribution in [3.8, 4) is 0 Å². The minimum Gasteiger partial charge on any atom is -0.390 e. The van der Waals surface area contributed by atoms with E-state index in [-0.39, 0.29) is 5.91 Å². The van der Waals surface area contributed by atoms with Gasteiger partial charge in [0.25, 0.3) is 5.91 Å². The van der Waals surface area contributed by atoms with E-state index < -0.39 is 5.60 Å². The standard InChI is InChI=1S/C14H21N3O2/c1-14(19)7-4-9-17(10-8-14)13(18)11-5-3-6-12(15-2)16-11/h3,5-6,19H,4,7-10H2,1-2H3,(H,15,16). The number of aromatic nitrogens is 1. The van der Waals surface area contributed by atoms with Gasteiger partial charge in [-0.3, -0.25) is 4.79 Å². The third kappa shape index (κ3) is 3.44. The van der Waals surface area contributed by atoms with Crippen molar-refractivity contribution in [3.05, 3.63) is 23.9 Å². The maximum atomic E-state index is 12.4. The van der Waals surface area contributed by atoms with Crippen molar-refractivity contribution >= 4 is 11.7 Å². The molecule has 1 aliphatic heterocycles. The van der Waals surface area contributed by atoms with Crippen molar-refractivity contribution in [3.63, 3.8) is 0 Å².